The number of benzene rings is 2. The number of aryl methyl sites for hydroxylation is 1. The van der Waals surface area contributed by atoms with Crippen LogP contribution in [0.15, 0.2) is 48.5 Å². The van der Waals surface area contributed by atoms with Gasteiger partial charge in [0.15, 0.2) is 9.84 Å². The summed E-state index contributed by atoms with van der Waals surface area (Å²) >= 11 is 6.82. The van der Waals surface area contributed by atoms with Gasteiger partial charge in [0.25, 0.3) is 5.91 Å². The van der Waals surface area contributed by atoms with Crippen molar-refractivity contribution in [3.05, 3.63) is 70.5 Å². The molecule has 2 aliphatic heterocycles. The van der Waals surface area contributed by atoms with E-state index < -0.39 is 16.0 Å². The van der Waals surface area contributed by atoms with Crippen molar-refractivity contribution >= 4 is 38.7 Å². The van der Waals surface area contributed by atoms with Crippen LogP contribution in [-0.4, -0.2) is 42.7 Å². The zero-order chi connectivity index (χ0) is 23.3. The van der Waals surface area contributed by atoms with Crippen molar-refractivity contribution < 1.29 is 17.9 Å². The summed E-state index contributed by atoms with van der Waals surface area (Å²) in [5, 5.41) is 8.36. The largest absolute Gasteiger partial charge is 0.497 e. The van der Waals surface area contributed by atoms with Crippen LogP contribution in [-0.2, 0) is 9.84 Å². The third kappa shape index (κ3) is 3.75. The van der Waals surface area contributed by atoms with E-state index in [0.29, 0.717) is 45.5 Å². The molecule has 2 aliphatic rings. The van der Waals surface area contributed by atoms with Gasteiger partial charge in [-0.1, -0.05) is 23.7 Å². The highest BCUT2D eigenvalue weighted by Crippen LogP contribution is 2.41. The Bertz CT molecular complexity index is 1340. The lowest BCUT2D eigenvalue weighted by Crippen LogP contribution is -2.43. The first-order valence-corrected chi connectivity index (χ1v) is 12.8. The van der Waals surface area contributed by atoms with E-state index in [-0.39, 0.29) is 23.5 Å². The fourth-order valence-corrected chi connectivity index (χ4v) is 6.63. The highest BCUT2D eigenvalue weighted by molar-refractivity contribution is 7.91. The van der Waals surface area contributed by atoms with Gasteiger partial charge in [0.1, 0.15) is 17.1 Å². The minimum absolute atomic E-state index is 0.00926. The Morgan fingerprint density at radius 3 is 2.55 bits per heavy atom. The molecule has 0 saturated carbocycles. The molecular formula is C23H23ClN4O4S. The van der Waals surface area contributed by atoms with E-state index in [4.69, 9.17) is 16.3 Å². The quantitative estimate of drug-likeness (QED) is 0.599. The first-order valence-electron chi connectivity index (χ1n) is 10.6. The van der Waals surface area contributed by atoms with Crippen LogP contribution in [0.1, 0.15) is 40.2 Å². The molecule has 0 aliphatic carbocycles. The first kappa shape index (κ1) is 21.8. The Morgan fingerprint density at radius 1 is 1.15 bits per heavy atom. The summed E-state index contributed by atoms with van der Waals surface area (Å²) in [6, 6.07) is 14.2. The Kier molecular flexibility index (Phi) is 5.33. The fourth-order valence-electron chi connectivity index (χ4n) is 4.52. The monoisotopic (exact) mass is 486 g/mol. The number of aromatic nitrogens is 2. The maximum absolute atomic E-state index is 13.6. The molecule has 1 aromatic heterocycles. The topological polar surface area (TPSA) is 93.5 Å². The number of carbonyl (C=O) groups is 1. The Labute approximate surface area is 197 Å². The molecule has 0 radical (unpaired) electrons. The molecule has 0 bridgehead atoms. The number of anilines is 2. The van der Waals surface area contributed by atoms with Crippen LogP contribution in [0.2, 0.25) is 5.15 Å². The molecule has 3 heterocycles. The number of carbonyl (C=O) groups excluding carboxylic acids is 1. The van der Waals surface area contributed by atoms with Crippen molar-refractivity contribution in [2.75, 3.05) is 28.8 Å². The lowest BCUT2D eigenvalue weighted by Gasteiger charge is -2.38. The van der Waals surface area contributed by atoms with E-state index in [1.807, 2.05) is 37.3 Å². The molecule has 5 rings (SSSR count). The van der Waals surface area contributed by atoms with Gasteiger partial charge in [0.2, 0.25) is 0 Å². The number of para-hydroxylation sites is 1. The number of sulfone groups is 1. The van der Waals surface area contributed by atoms with Gasteiger partial charge in [0.05, 0.1) is 41.5 Å². The van der Waals surface area contributed by atoms with E-state index in [1.54, 1.807) is 34.9 Å². The van der Waals surface area contributed by atoms with Gasteiger partial charge in [-0.15, -0.1) is 0 Å². The number of amides is 1. The molecule has 0 unspecified atom stereocenters. The molecule has 1 N–H and O–H groups in total. The summed E-state index contributed by atoms with van der Waals surface area (Å²) in [4.78, 5) is 15.3. The standard InChI is InChI=1S/C23H23ClN4O4S/c1-14-20(21(24)28(26-14)16-11-12-33(30,31)13-16)22-25-19-6-4-3-5-18(19)23(29)27(22)15-7-9-17(32-2)10-8-15/h3-10,16,22,25H,11-13H2,1-2H3/t16-,22+/m1/s1. The smallest absolute Gasteiger partial charge is 0.262 e. The molecule has 0 spiro atoms. The minimum atomic E-state index is -3.11. The van der Waals surface area contributed by atoms with E-state index in [1.165, 1.54) is 0 Å². The highest BCUT2D eigenvalue weighted by atomic mass is 35.5. The molecule has 2 aromatic carbocycles. The van der Waals surface area contributed by atoms with Crippen LogP contribution < -0.4 is 15.0 Å². The van der Waals surface area contributed by atoms with Gasteiger partial charge in [-0.25, -0.2) is 13.1 Å². The molecule has 10 heteroatoms. The maximum atomic E-state index is 13.6. The van der Waals surface area contributed by atoms with Crippen molar-refractivity contribution in [3.63, 3.8) is 0 Å². The van der Waals surface area contributed by atoms with E-state index in [9.17, 15) is 13.2 Å². The van der Waals surface area contributed by atoms with Crippen molar-refractivity contribution in [3.8, 4) is 5.75 Å². The molecule has 2 atom stereocenters. The number of nitrogens with one attached hydrogen (secondary N) is 1. The molecule has 8 nitrogen and oxygen atoms in total. The summed E-state index contributed by atoms with van der Waals surface area (Å²) in [7, 11) is -1.52. The lowest BCUT2D eigenvalue weighted by molar-refractivity contribution is 0.0975. The Hall–Kier alpha value is -3.04. The summed E-state index contributed by atoms with van der Waals surface area (Å²) in [6.45, 7) is 1.82. The molecule has 1 saturated heterocycles. The van der Waals surface area contributed by atoms with Gasteiger partial charge >= 0.3 is 0 Å². The number of rotatable bonds is 4. The van der Waals surface area contributed by atoms with E-state index in [0.717, 1.165) is 0 Å². The summed E-state index contributed by atoms with van der Waals surface area (Å²) in [5.74, 6) is 0.632. The Morgan fingerprint density at radius 2 is 1.88 bits per heavy atom. The molecule has 3 aromatic rings. The second kappa shape index (κ2) is 8.07. The predicted octanol–water partition coefficient (Wildman–Crippen LogP) is 3.98. The van der Waals surface area contributed by atoms with Gasteiger partial charge in [-0.2, -0.15) is 5.10 Å². The molecule has 1 amide bonds. The highest BCUT2D eigenvalue weighted by Gasteiger charge is 2.39. The van der Waals surface area contributed by atoms with Gasteiger partial charge in [-0.05, 0) is 49.7 Å². The van der Waals surface area contributed by atoms with Crippen LogP contribution in [0.3, 0.4) is 0 Å². The van der Waals surface area contributed by atoms with Crippen molar-refractivity contribution in [1.82, 2.24) is 9.78 Å². The average molecular weight is 487 g/mol. The fraction of sp³-hybridized carbons (Fsp3) is 0.304. The number of hydrogen-bond acceptors (Lipinski definition) is 6. The number of nitrogens with zero attached hydrogens (tertiary/aromatic N) is 3. The van der Waals surface area contributed by atoms with Crippen LogP contribution in [0.5, 0.6) is 5.75 Å². The maximum Gasteiger partial charge on any atom is 0.262 e. The van der Waals surface area contributed by atoms with Crippen molar-refractivity contribution in [2.45, 2.75) is 25.6 Å². The number of fused-ring (bicyclic) bond motifs is 1. The molecule has 1 fully saturated rings. The normalized spacial score (nSPS) is 21.5. The zero-order valence-corrected chi connectivity index (χ0v) is 19.7. The van der Waals surface area contributed by atoms with E-state index in [2.05, 4.69) is 10.4 Å². The zero-order valence-electron chi connectivity index (χ0n) is 18.2. The molecule has 33 heavy (non-hydrogen) atoms. The lowest BCUT2D eigenvalue weighted by atomic mass is 10.0. The Balaban J connectivity index is 1.62. The van der Waals surface area contributed by atoms with Crippen molar-refractivity contribution in [1.29, 1.82) is 0 Å². The summed E-state index contributed by atoms with van der Waals surface area (Å²) < 4.78 is 30.9. The van der Waals surface area contributed by atoms with Crippen LogP contribution in [0.4, 0.5) is 11.4 Å². The van der Waals surface area contributed by atoms with Crippen LogP contribution in [0, 0.1) is 6.92 Å². The number of methoxy groups -OCH3 is 1. The second-order valence-corrected chi connectivity index (χ2v) is 10.8. The third-order valence-electron chi connectivity index (χ3n) is 6.18. The van der Waals surface area contributed by atoms with Gasteiger partial charge in [0, 0.05) is 11.4 Å². The van der Waals surface area contributed by atoms with E-state index >= 15 is 0 Å². The van der Waals surface area contributed by atoms with Crippen LogP contribution >= 0.6 is 11.6 Å². The number of ether oxygens (including phenoxy) is 1. The van der Waals surface area contributed by atoms with Crippen molar-refractivity contribution in [2.24, 2.45) is 0 Å². The first-order chi connectivity index (χ1) is 15.8. The summed E-state index contributed by atoms with van der Waals surface area (Å²) in [5.41, 5.74) is 3.18. The van der Waals surface area contributed by atoms with Crippen LogP contribution in [0.25, 0.3) is 0 Å². The SMILES string of the molecule is COc1ccc(N2C(=O)c3ccccc3N[C@@H]2c2c(C)nn([C@@H]3CCS(=O)(=O)C3)c2Cl)cc1. The number of halogens is 1. The third-order valence-corrected chi connectivity index (χ3v) is 8.30. The number of hydrogen-bond donors (Lipinski definition) is 1. The molecular weight excluding hydrogens is 464 g/mol. The average Bonchev–Trinajstić information content (AvgIpc) is 3.31. The molecule has 172 valence electrons. The minimum Gasteiger partial charge on any atom is -0.497 e. The van der Waals surface area contributed by atoms with Gasteiger partial charge in [-0.3, -0.25) is 9.69 Å². The van der Waals surface area contributed by atoms with Gasteiger partial charge < -0.3 is 10.1 Å². The second-order valence-electron chi connectivity index (χ2n) is 8.26. The summed E-state index contributed by atoms with van der Waals surface area (Å²) in [6.07, 6.45) is -0.162. The predicted molar refractivity (Wildman–Crippen MR) is 127 cm³/mol.